The Morgan fingerprint density at radius 2 is 2.14 bits per heavy atom. The summed E-state index contributed by atoms with van der Waals surface area (Å²) in [6.07, 6.45) is 1.32. The number of hydrogen-bond acceptors (Lipinski definition) is 4. The van der Waals surface area contributed by atoms with Gasteiger partial charge >= 0.3 is 0 Å². The van der Waals surface area contributed by atoms with Crippen LogP contribution in [0.25, 0.3) is 0 Å². The monoisotopic (exact) mass is 203 g/mol. The summed E-state index contributed by atoms with van der Waals surface area (Å²) < 4.78 is 4.85. The number of aliphatic hydroxyl groups excluding tert-OH is 2. The third-order valence-electron chi connectivity index (χ3n) is 2.66. The van der Waals surface area contributed by atoms with Crippen LogP contribution in [0.5, 0.6) is 0 Å². The minimum atomic E-state index is -0.407. The van der Waals surface area contributed by atoms with Crippen molar-refractivity contribution in [3.8, 4) is 0 Å². The Bertz CT molecular complexity index is 153. The van der Waals surface area contributed by atoms with Crippen LogP contribution in [0, 0.1) is 5.92 Å². The SMILES string of the molecule is COCC(O)CN(C)CC1CC(O)C1. The zero-order chi connectivity index (χ0) is 10.6. The molecule has 1 aliphatic carbocycles. The molecular formula is C10H21NO3. The Hall–Kier alpha value is -0.160. The highest BCUT2D eigenvalue weighted by Crippen LogP contribution is 2.27. The first-order valence-electron chi connectivity index (χ1n) is 5.15. The van der Waals surface area contributed by atoms with Crippen LogP contribution in [0.3, 0.4) is 0 Å². The molecule has 84 valence electrons. The quantitative estimate of drug-likeness (QED) is 0.622. The Labute approximate surface area is 85.5 Å². The summed E-state index contributed by atoms with van der Waals surface area (Å²) in [6.45, 7) is 1.98. The standard InChI is InChI=1S/C10H21NO3/c1-11(6-10(13)7-14-2)5-8-3-9(12)4-8/h8-10,12-13H,3-7H2,1-2H3. The van der Waals surface area contributed by atoms with Crippen molar-refractivity contribution < 1.29 is 14.9 Å². The van der Waals surface area contributed by atoms with Crippen molar-refractivity contribution in [1.82, 2.24) is 4.90 Å². The zero-order valence-electron chi connectivity index (χ0n) is 9.02. The van der Waals surface area contributed by atoms with E-state index in [1.807, 2.05) is 7.05 Å². The van der Waals surface area contributed by atoms with E-state index in [2.05, 4.69) is 4.90 Å². The number of aliphatic hydroxyl groups is 2. The molecule has 1 rings (SSSR count). The van der Waals surface area contributed by atoms with Gasteiger partial charge in [-0.25, -0.2) is 0 Å². The summed E-state index contributed by atoms with van der Waals surface area (Å²) in [5, 5.41) is 18.6. The van der Waals surface area contributed by atoms with Crippen LogP contribution >= 0.6 is 0 Å². The van der Waals surface area contributed by atoms with E-state index >= 15 is 0 Å². The van der Waals surface area contributed by atoms with Crippen molar-refractivity contribution in [3.63, 3.8) is 0 Å². The number of hydrogen-bond donors (Lipinski definition) is 2. The summed E-state index contributed by atoms with van der Waals surface area (Å²) in [5.41, 5.74) is 0. The van der Waals surface area contributed by atoms with Gasteiger partial charge in [0, 0.05) is 20.2 Å². The van der Waals surface area contributed by atoms with Crippen LogP contribution in [0.1, 0.15) is 12.8 Å². The molecule has 1 unspecified atom stereocenters. The van der Waals surface area contributed by atoms with E-state index in [9.17, 15) is 5.11 Å². The van der Waals surface area contributed by atoms with Gasteiger partial charge in [0.25, 0.3) is 0 Å². The molecule has 0 bridgehead atoms. The number of rotatable bonds is 6. The molecule has 0 amide bonds. The third kappa shape index (κ3) is 3.92. The van der Waals surface area contributed by atoms with Crippen molar-refractivity contribution >= 4 is 0 Å². The Morgan fingerprint density at radius 3 is 2.64 bits per heavy atom. The molecule has 4 nitrogen and oxygen atoms in total. The van der Waals surface area contributed by atoms with Crippen molar-refractivity contribution in [1.29, 1.82) is 0 Å². The van der Waals surface area contributed by atoms with E-state index in [-0.39, 0.29) is 6.10 Å². The predicted molar refractivity (Wildman–Crippen MR) is 54.1 cm³/mol. The second-order valence-corrected chi connectivity index (χ2v) is 4.32. The molecule has 0 radical (unpaired) electrons. The molecule has 4 heteroatoms. The van der Waals surface area contributed by atoms with E-state index in [1.165, 1.54) is 0 Å². The molecule has 0 aromatic rings. The number of ether oxygens (including phenoxy) is 1. The van der Waals surface area contributed by atoms with Gasteiger partial charge in [-0.3, -0.25) is 0 Å². The maximum absolute atomic E-state index is 9.46. The Kier molecular flexibility index (Phi) is 4.81. The summed E-state index contributed by atoms with van der Waals surface area (Å²) in [6, 6.07) is 0. The normalized spacial score (nSPS) is 28.9. The van der Waals surface area contributed by atoms with Gasteiger partial charge in [0.2, 0.25) is 0 Å². The third-order valence-corrected chi connectivity index (χ3v) is 2.66. The van der Waals surface area contributed by atoms with Gasteiger partial charge in [-0.15, -0.1) is 0 Å². The van der Waals surface area contributed by atoms with Gasteiger partial charge in [-0.2, -0.15) is 0 Å². The lowest BCUT2D eigenvalue weighted by molar-refractivity contribution is 0.00930. The molecule has 0 aromatic carbocycles. The molecule has 0 aromatic heterocycles. The van der Waals surface area contributed by atoms with E-state index in [4.69, 9.17) is 9.84 Å². The molecule has 14 heavy (non-hydrogen) atoms. The molecule has 2 N–H and O–H groups in total. The lowest BCUT2D eigenvalue weighted by atomic mass is 9.82. The van der Waals surface area contributed by atoms with E-state index in [1.54, 1.807) is 7.11 Å². The van der Waals surface area contributed by atoms with E-state index in [0.29, 0.717) is 19.1 Å². The molecular weight excluding hydrogens is 182 g/mol. The lowest BCUT2D eigenvalue weighted by Crippen LogP contribution is -2.40. The van der Waals surface area contributed by atoms with Gasteiger partial charge in [0.1, 0.15) is 0 Å². The van der Waals surface area contributed by atoms with Crippen molar-refractivity contribution in [2.24, 2.45) is 5.92 Å². The minimum Gasteiger partial charge on any atom is -0.393 e. The first kappa shape index (κ1) is 11.9. The summed E-state index contributed by atoms with van der Waals surface area (Å²) >= 11 is 0. The van der Waals surface area contributed by atoms with Gasteiger partial charge in [0.15, 0.2) is 0 Å². The molecule has 1 aliphatic rings. The molecule has 0 spiro atoms. The Morgan fingerprint density at radius 1 is 1.50 bits per heavy atom. The minimum absolute atomic E-state index is 0.0858. The Balaban J connectivity index is 2.06. The highest BCUT2D eigenvalue weighted by Gasteiger charge is 2.28. The highest BCUT2D eigenvalue weighted by atomic mass is 16.5. The summed E-state index contributed by atoms with van der Waals surface area (Å²) in [7, 11) is 3.58. The molecule has 0 saturated heterocycles. The maximum Gasteiger partial charge on any atom is 0.0899 e. The summed E-state index contributed by atoms with van der Waals surface area (Å²) in [5.74, 6) is 0.602. The number of methoxy groups -OCH3 is 1. The van der Waals surface area contributed by atoms with E-state index < -0.39 is 6.10 Å². The smallest absolute Gasteiger partial charge is 0.0899 e. The van der Waals surface area contributed by atoms with Gasteiger partial charge in [-0.05, 0) is 25.8 Å². The molecule has 0 heterocycles. The van der Waals surface area contributed by atoms with Crippen LogP contribution < -0.4 is 0 Å². The predicted octanol–water partition coefficient (Wildman–Crippen LogP) is -0.304. The topological polar surface area (TPSA) is 52.9 Å². The second kappa shape index (κ2) is 5.66. The van der Waals surface area contributed by atoms with Gasteiger partial charge in [0.05, 0.1) is 18.8 Å². The fourth-order valence-corrected chi connectivity index (χ4v) is 1.97. The molecule has 0 aliphatic heterocycles. The first-order valence-corrected chi connectivity index (χ1v) is 5.15. The van der Waals surface area contributed by atoms with Crippen LogP contribution in [0.2, 0.25) is 0 Å². The average Bonchev–Trinajstić information content (AvgIpc) is 2.01. The maximum atomic E-state index is 9.46. The average molecular weight is 203 g/mol. The van der Waals surface area contributed by atoms with Crippen LogP contribution in [-0.4, -0.2) is 61.2 Å². The summed E-state index contributed by atoms with van der Waals surface area (Å²) in [4.78, 5) is 2.10. The van der Waals surface area contributed by atoms with Crippen molar-refractivity contribution in [3.05, 3.63) is 0 Å². The first-order chi connectivity index (χ1) is 6.61. The molecule has 1 saturated carbocycles. The number of nitrogens with zero attached hydrogens (tertiary/aromatic N) is 1. The molecule has 1 atom stereocenters. The fraction of sp³-hybridized carbons (Fsp3) is 1.00. The van der Waals surface area contributed by atoms with E-state index in [0.717, 1.165) is 19.4 Å². The second-order valence-electron chi connectivity index (χ2n) is 4.32. The van der Waals surface area contributed by atoms with Crippen molar-refractivity contribution in [2.75, 3.05) is 33.9 Å². The molecule has 1 fully saturated rings. The van der Waals surface area contributed by atoms with Crippen LogP contribution in [0.4, 0.5) is 0 Å². The lowest BCUT2D eigenvalue weighted by Gasteiger charge is -2.34. The highest BCUT2D eigenvalue weighted by molar-refractivity contribution is 4.80. The van der Waals surface area contributed by atoms with Crippen LogP contribution in [0.15, 0.2) is 0 Å². The number of likely N-dealkylation sites (N-methyl/N-ethyl adjacent to an activating group) is 1. The van der Waals surface area contributed by atoms with Crippen LogP contribution in [-0.2, 0) is 4.74 Å². The van der Waals surface area contributed by atoms with Crippen molar-refractivity contribution in [2.45, 2.75) is 25.0 Å². The fourth-order valence-electron chi connectivity index (χ4n) is 1.97. The zero-order valence-corrected chi connectivity index (χ0v) is 9.02. The van der Waals surface area contributed by atoms with Gasteiger partial charge in [-0.1, -0.05) is 0 Å². The van der Waals surface area contributed by atoms with Gasteiger partial charge < -0.3 is 19.8 Å². The largest absolute Gasteiger partial charge is 0.393 e.